The lowest BCUT2D eigenvalue weighted by Gasteiger charge is -2.09. The van der Waals surface area contributed by atoms with Gasteiger partial charge in [0.25, 0.3) is 0 Å². The quantitative estimate of drug-likeness (QED) is 0.543. The van der Waals surface area contributed by atoms with Crippen LogP contribution < -0.4 is 0 Å². The summed E-state index contributed by atoms with van der Waals surface area (Å²) in [6, 6.07) is 14.0. The number of esters is 1. The van der Waals surface area contributed by atoms with Crippen LogP contribution in [-0.2, 0) is 11.2 Å². The summed E-state index contributed by atoms with van der Waals surface area (Å²) in [6.45, 7) is 4.11. The van der Waals surface area contributed by atoms with Crippen LogP contribution in [-0.4, -0.2) is 32.3 Å². The van der Waals surface area contributed by atoms with Crippen molar-refractivity contribution >= 4 is 16.9 Å². The SMILES string of the molecule is CCOC(=O)c1cnn(-c2cccc(-c3cccc4cc[nH]c34)n2)c1CC. The molecular weight excluding hydrogens is 340 g/mol. The molecule has 0 spiro atoms. The minimum absolute atomic E-state index is 0.334. The summed E-state index contributed by atoms with van der Waals surface area (Å²) in [5.74, 6) is 0.316. The predicted molar refractivity (Wildman–Crippen MR) is 104 cm³/mol. The van der Waals surface area contributed by atoms with Crippen molar-refractivity contribution in [3.63, 3.8) is 0 Å². The van der Waals surface area contributed by atoms with Crippen molar-refractivity contribution in [2.24, 2.45) is 0 Å². The van der Waals surface area contributed by atoms with Gasteiger partial charge in [0.15, 0.2) is 5.82 Å². The normalized spacial score (nSPS) is 11.0. The van der Waals surface area contributed by atoms with Crippen LogP contribution in [0.25, 0.3) is 28.0 Å². The number of para-hydroxylation sites is 1. The maximum atomic E-state index is 12.2. The molecule has 6 nitrogen and oxygen atoms in total. The topological polar surface area (TPSA) is 72.8 Å². The summed E-state index contributed by atoms with van der Waals surface area (Å²) in [7, 11) is 0. The Morgan fingerprint density at radius 2 is 2.00 bits per heavy atom. The molecule has 4 aromatic rings. The first-order valence-electron chi connectivity index (χ1n) is 9.00. The zero-order valence-corrected chi connectivity index (χ0v) is 15.3. The van der Waals surface area contributed by atoms with E-state index in [2.05, 4.69) is 16.1 Å². The van der Waals surface area contributed by atoms with Crippen molar-refractivity contribution < 1.29 is 9.53 Å². The average molecular weight is 360 g/mol. The molecule has 0 aliphatic heterocycles. The smallest absolute Gasteiger partial charge is 0.341 e. The highest BCUT2D eigenvalue weighted by molar-refractivity contribution is 5.93. The van der Waals surface area contributed by atoms with Crippen LogP contribution in [0.3, 0.4) is 0 Å². The van der Waals surface area contributed by atoms with Gasteiger partial charge in [-0.05, 0) is 31.5 Å². The van der Waals surface area contributed by atoms with Gasteiger partial charge in [0.05, 0.1) is 29.7 Å². The fraction of sp³-hybridized carbons (Fsp3) is 0.190. The third-order valence-electron chi connectivity index (χ3n) is 4.51. The van der Waals surface area contributed by atoms with Gasteiger partial charge in [0.1, 0.15) is 5.56 Å². The fourth-order valence-corrected chi connectivity index (χ4v) is 3.28. The highest BCUT2D eigenvalue weighted by atomic mass is 16.5. The lowest BCUT2D eigenvalue weighted by Crippen LogP contribution is -2.10. The molecule has 0 amide bonds. The molecule has 1 aromatic carbocycles. The number of aromatic nitrogens is 4. The lowest BCUT2D eigenvalue weighted by atomic mass is 10.1. The van der Waals surface area contributed by atoms with E-state index < -0.39 is 0 Å². The van der Waals surface area contributed by atoms with Crippen LogP contribution in [0.2, 0.25) is 0 Å². The average Bonchev–Trinajstić information content (AvgIpc) is 3.34. The van der Waals surface area contributed by atoms with Gasteiger partial charge in [0.2, 0.25) is 0 Å². The first-order chi connectivity index (χ1) is 13.2. The molecule has 0 radical (unpaired) electrons. The first kappa shape index (κ1) is 17.0. The number of pyridine rings is 1. The molecule has 0 saturated carbocycles. The Labute approximate surface area is 156 Å². The standard InChI is InChI=1S/C21H20N4O2/c1-3-18-16(21(26)27-4-2)13-23-25(18)19-10-6-9-17(24-19)15-8-5-7-14-11-12-22-20(14)15/h5-13,22H,3-4H2,1-2H3. The van der Waals surface area contributed by atoms with Crippen molar-refractivity contribution in [2.45, 2.75) is 20.3 Å². The Balaban J connectivity index is 1.80. The number of hydrogen-bond donors (Lipinski definition) is 1. The Hall–Kier alpha value is -3.41. The molecule has 136 valence electrons. The summed E-state index contributed by atoms with van der Waals surface area (Å²) in [4.78, 5) is 20.3. The van der Waals surface area contributed by atoms with Gasteiger partial charge in [-0.2, -0.15) is 5.10 Å². The van der Waals surface area contributed by atoms with Crippen molar-refractivity contribution in [3.05, 3.63) is 66.1 Å². The Morgan fingerprint density at radius 3 is 2.81 bits per heavy atom. The number of ether oxygens (including phenoxy) is 1. The van der Waals surface area contributed by atoms with E-state index in [9.17, 15) is 4.79 Å². The van der Waals surface area contributed by atoms with Gasteiger partial charge in [-0.25, -0.2) is 14.5 Å². The molecule has 27 heavy (non-hydrogen) atoms. The number of aromatic amines is 1. The number of nitrogens with one attached hydrogen (secondary N) is 1. The molecule has 1 N–H and O–H groups in total. The van der Waals surface area contributed by atoms with Crippen LogP contribution in [0.5, 0.6) is 0 Å². The molecule has 6 heteroatoms. The summed E-state index contributed by atoms with van der Waals surface area (Å²) in [5, 5.41) is 5.53. The molecule has 0 aliphatic carbocycles. The summed E-state index contributed by atoms with van der Waals surface area (Å²) in [5.41, 5.74) is 4.19. The maximum Gasteiger partial charge on any atom is 0.341 e. The van der Waals surface area contributed by atoms with E-state index >= 15 is 0 Å². The monoisotopic (exact) mass is 360 g/mol. The van der Waals surface area contributed by atoms with Crippen LogP contribution in [0.15, 0.2) is 54.9 Å². The van der Waals surface area contributed by atoms with Gasteiger partial charge >= 0.3 is 5.97 Å². The second-order valence-electron chi connectivity index (χ2n) is 6.12. The lowest BCUT2D eigenvalue weighted by molar-refractivity contribution is 0.0525. The molecule has 0 saturated heterocycles. The van der Waals surface area contributed by atoms with Crippen LogP contribution in [0, 0.1) is 0 Å². The number of H-pyrrole nitrogens is 1. The molecule has 0 aliphatic rings. The molecule has 3 aromatic heterocycles. The van der Waals surface area contributed by atoms with Gasteiger partial charge in [0, 0.05) is 17.1 Å². The number of nitrogens with zero attached hydrogens (tertiary/aromatic N) is 3. The molecular formula is C21H20N4O2. The highest BCUT2D eigenvalue weighted by Crippen LogP contribution is 2.27. The van der Waals surface area contributed by atoms with Crippen molar-refractivity contribution in [1.29, 1.82) is 0 Å². The van der Waals surface area contributed by atoms with Crippen LogP contribution >= 0.6 is 0 Å². The number of carbonyl (C=O) groups excluding carboxylic acids is 1. The highest BCUT2D eigenvalue weighted by Gasteiger charge is 2.19. The molecule has 0 fully saturated rings. The van der Waals surface area contributed by atoms with Crippen LogP contribution in [0.4, 0.5) is 0 Å². The second kappa shape index (κ2) is 7.07. The van der Waals surface area contributed by atoms with Crippen molar-refractivity contribution in [2.75, 3.05) is 6.61 Å². The third kappa shape index (κ3) is 2.99. The van der Waals surface area contributed by atoms with E-state index in [0.29, 0.717) is 24.4 Å². The minimum atomic E-state index is -0.354. The molecule has 0 unspecified atom stereocenters. The van der Waals surface area contributed by atoms with E-state index in [-0.39, 0.29) is 5.97 Å². The Bertz CT molecular complexity index is 1110. The minimum Gasteiger partial charge on any atom is -0.462 e. The number of carbonyl (C=O) groups is 1. The zero-order valence-electron chi connectivity index (χ0n) is 15.3. The molecule has 0 atom stereocenters. The number of hydrogen-bond acceptors (Lipinski definition) is 4. The molecule has 0 bridgehead atoms. The van der Waals surface area contributed by atoms with Crippen LogP contribution in [0.1, 0.15) is 29.9 Å². The van der Waals surface area contributed by atoms with E-state index in [1.165, 1.54) is 0 Å². The van der Waals surface area contributed by atoms with Gasteiger partial charge in [-0.1, -0.05) is 31.2 Å². The third-order valence-corrected chi connectivity index (χ3v) is 4.51. The number of rotatable bonds is 5. The first-order valence-corrected chi connectivity index (χ1v) is 9.00. The largest absolute Gasteiger partial charge is 0.462 e. The van der Waals surface area contributed by atoms with E-state index in [1.54, 1.807) is 17.8 Å². The summed E-state index contributed by atoms with van der Waals surface area (Å²) >= 11 is 0. The van der Waals surface area contributed by atoms with Crippen molar-refractivity contribution in [1.82, 2.24) is 19.7 Å². The van der Waals surface area contributed by atoms with Gasteiger partial charge in [-0.3, -0.25) is 0 Å². The number of benzene rings is 1. The maximum absolute atomic E-state index is 12.2. The van der Waals surface area contributed by atoms with Gasteiger partial charge in [-0.15, -0.1) is 0 Å². The summed E-state index contributed by atoms with van der Waals surface area (Å²) < 4.78 is 6.85. The van der Waals surface area contributed by atoms with Gasteiger partial charge < -0.3 is 9.72 Å². The van der Waals surface area contributed by atoms with E-state index in [4.69, 9.17) is 9.72 Å². The summed E-state index contributed by atoms with van der Waals surface area (Å²) in [6.07, 6.45) is 4.12. The Kier molecular flexibility index (Phi) is 4.46. The molecule has 3 heterocycles. The predicted octanol–water partition coefficient (Wildman–Crippen LogP) is 4.15. The van der Waals surface area contributed by atoms with E-state index in [0.717, 1.165) is 27.9 Å². The molecule has 4 rings (SSSR count). The Morgan fingerprint density at radius 1 is 1.15 bits per heavy atom. The second-order valence-corrected chi connectivity index (χ2v) is 6.12. The number of fused-ring (bicyclic) bond motifs is 1. The van der Waals surface area contributed by atoms with Crippen molar-refractivity contribution in [3.8, 4) is 17.1 Å². The fourth-order valence-electron chi connectivity index (χ4n) is 3.28. The zero-order chi connectivity index (χ0) is 18.8. The van der Waals surface area contributed by atoms with E-state index in [1.807, 2.05) is 49.5 Å².